The van der Waals surface area contributed by atoms with Crippen LogP contribution in [-0.2, 0) is 9.53 Å². The SMILES string of the molecule is CCOC(=O)C(CN)(CC(C)C)C1CCCC(CC)C1. The molecule has 0 amide bonds. The summed E-state index contributed by atoms with van der Waals surface area (Å²) in [5.74, 6) is 1.55. The number of carbonyl (C=O) groups excluding carboxylic acids is 1. The van der Waals surface area contributed by atoms with E-state index < -0.39 is 5.41 Å². The molecule has 0 aromatic carbocycles. The summed E-state index contributed by atoms with van der Waals surface area (Å²) in [6.45, 7) is 9.34. The first kappa shape index (κ1) is 17.5. The summed E-state index contributed by atoms with van der Waals surface area (Å²) in [6.07, 6.45) is 6.85. The number of carbonyl (C=O) groups is 1. The molecule has 0 heterocycles. The summed E-state index contributed by atoms with van der Waals surface area (Å²) in [4.78, 5) is 12.6. The van der Waals surface area contributed by atoms with Gasteiger partial charge in [-0.25, -0.2) is 0 Å². The Bertz CT molecular complexity index is 303. The molecule has 3 atom stereocenters. The third kappa shape index (κ3) is 3.97. The van der Waals surface area contributed by atoms with Crippen molar-refractivity contribution in [3.8, 4) is 0 Å². The van der Waals surface area contributed by atoms with Crippen molar-refractivity contribution in [3.05, 3.63) is 0 Å². The largest absolute Gasteiger partial charge is 0.466 e. The van der Waals surface area contributed by atoms with Gasteiger partial charge in [0.25, 0.3) is 0 Å². The molecule has 20 heavy (non-hydrogen) atoms. The summed E-state index contributed by atoms with van der Waals surface area (Å²) in [7, 11) is 0. The van der Waals surface area contributed by atoms with Crippen molar-refractivity contribution >= 4 is 5.97 Å². The monoisotopic (exact) mass is 283 g/mol. The summed E-state index contributed by atoms with van der Waals surface area (Å²) >= 11 is 0. The van der Waals surface area contributed by atoms with Crippen LogP contribution in [0.2, 0.25) is 0 Å². The molecule has 0 radical (unpaired) electrons. The minimum absolute atomic E-state index is 0.0575. The molecule has 0 aliphatic heterocycles. The van der Waals surface area contributed by atoms with Crippen LogP contribution in [0.4, 0.5) is 0 Å². The quantitative estimate of drug-likeness (QED) is 0.724. The fraction of sp³-hybridized carbons (Fsp3) is 0.941. The molecule has 0 aromatic rings. The van der Waals surface area contributed by atoms with E-state index in [1.54, 1.807) is 0 Å². The molecule has 0 bridgehead atoms. The third-order valence-corrected chi connectivity index (χ3v) is 4.96. The number of esters is 1. The van der Waals surface area contributed by atoms with E-state index in [4.69, 9.17) is 10.5 Å². The van der Waals surface area contributed by atoms with E-state index in [-0.39, 0.29) is 5.97 Å². The average molecular weight is 283 g/mol. The van der Waals surface area contributed by atoms with Crippen LogP contribution in [0.25, 0.3) is 0 Å². The Balaban J connectivity index is 2.97. The van der Waals surface area contributed by atoms with Gasteiger partial charge in [0.15, 0.2) is 0 Å². The highest BCUT2D eigenvalue weighted by Gasteiger charge is 2.47. The summed E-state index contributed by atoms with van der Waals surface area (Å²) in [5.41, 5.74) is 5.64. The van der Waals surface area contributed by atoms with E-state index in [1.807, 2.05) is 6.92 Å². The molecular weight excluding hydrogens is 250 g/mol. The Kier molecular flexibility index (Phi) is 7.01. The van der Waals surface area contributed by atoms with Crippen LogP contribution < -0.4 is 5.73 Å². The maximum Gasteiger partial charge on any atom is 0.313 e. The molecule has 1 fully saturated rings. The van der Waals surface area contributed by atoms with Gasteiger partial charge in [-0.1, -0.05) is 40.0 Å². The topological polar surface area (TPSA) is 52.3 Å². The normalized spacial score (nSPS) is 26.3. The number of ether oxygens (including phenoxy) is 1. The van der Waals surface area contributed by atoms with Crippen LogP contribution in [-0.4, -0.2) is 19.1 Å². The van der Waals surface area contributed by atoms with Crippen LogP contribution >= 0.6 is 0 Å². The molecule has 2 N–H and O–H groups in total. The molecule has 3 unspecified atom stereocenters. The lowest BCUT2D eigenvalue weighted by Gasteiger charge is -2.43. The van der Waals surface area contributed by atoms with Crippen molar-refractivity contribution in [3.63, 3.8) is 0 Å². The second kappa shape index (κ2) is 8.02. The van der Waals surface area contributed by atoms with Gasteiger partial charge >= 0.3 is 5.97 Å². The number of hydrogen-bond acceptors (Lipinski definition) is 3. The molecule has 1 saturated carbocycles. The molecule has 3 nitrogen and oxygen atoms in total. The van der Waals surface area contributed by atoms with E-state index >= 15 is 0 Å². The fourth-order valence-corrected chi connectivity index (χ4v) is 3.92. The second-order valence-electron chi connectivity index (χ2n) is 6.82. The van der Waals surface area contributed by atoms with E-state index in [0.717, 1.165) is 25.2 Å². The van der Waals surface area contributed by atoms with Crippen LogP contribution in [0.3, 0.4) is 0 Å². The Hall–Kier alpha value is -0.570. The van der Waals surface area contributed by atoms with Crippen LogP contribution in [0.15, 0.2) is 0 Å². The van der Waals surface area contributed by atoms with Gasteiger partial charge in [0.2, 0.25) is 0 Å². The zero-order valence-electron chi connectivity index (χ0n) is 13.8. The molecule has 0 saturated heterocycles. The fourth-order valence-electron chi connectivity index (χ4n) is 3.92. The summed E-state index contributed by atoms with van der Waals surface area (Å²) in [5, 5.41) is 0. The van der Waals surface area contributed by atoms with Crippen molar-refractivity contribution in [1.29, 1.82) is 0 Å². The van der Waals surface area contributed by atoms with Crippen LogP contribution in [0.5, 0.6) is 0 Å². The van der Waals surface area contributed by atoms with Crippen molar-refractivity contribution in [1.82, 2.24) is 0 Å². The second-order valence-corrected chi connectivity index (χ2v) is 6.82. The lowest BCUT2D eigenvalue weighted by atomic mass is 9.62. The van der Waals surface area contributed by atoms with Gasteiger partial charge in [-0.15, -0.1) is 0 Å². The van der Waals surface area contributed by atoms with E-state index in [9.17, 15) is 4.79 Å². The Morgan fingerprint density at radius 3 is 2.55 bits per heavy atom. The molecule has 1 rings (SSSR count). The molecule has 0 spiro atoms. The predicted molar refractivity (Wildman–Crippen MR) is 83.3 cm³/mol. The van der Waals surface area contributed by atoms with Crippen LogP contribution in [0, 0.1) is 23.2 Å². The first-order chi connectivity index (χ1) is 9.50. The highest BCUT2D eigenvalue weighted by atomic mass is 16.5. The first-order valence-corrected chi connectivity index (χ1v) is 8.37. The number of hydrogen-bond donors (Lipinski definition) is 1. The molecule has 3 heteroatoms. The van der Waals surface area contributed by atoms with Crippen molar-refractivity contribution in [2.24, 2.45) is 28.9 Å². The van der Waals surface area contributed by atoms with Crippen molar-refractivity contribution < 1.29 is 9.53 Å². The molecule has 1 aliphatic rings. The van der Waals surface area contributed by atoms with Crippen molar-refractivity contribution in [2.45, 2.75) is 66.2 Å². The van der Waals surface area contributed by atoms with E-state index in [1.165, 1.54) is 19.3 Å². The standard InChI is InChI=1S/C17H33NO2/c1-5-14-8-7-9-15(10-14)17(12-18,11-13(3)4)16(19)20-6-2/h13-15H,5-12,18H2,1-4H3. The third-order valence-electron chi connectivity index (χ3n) is 4.96. The minimum Gasteiger partial charge on any atom is -0.466 e. The lowest BCUT2D eigenvalue weighted by Crippen LogP contribution is -2.48. The predicted octanol–water partition coefficient (Wildman–Crippen LogP) is 3.76. The smallest absolute Gasteiger partial charge is 0.313 e. The highest BCUT2D eigenvalue weighted by Crippen LogP contribution is 2.45. The van der Waals surface area contributed by atoms with Gasteiger partial charge in [0.1, 0.15) is 0 Å². The van der Waals surface area contributed by atoms with E-state index in [2.05, 4.69) is 20.8 Å². The molecule has 118 valence electrons. The van der Waals surface area contributed by atoms with Gasteiger partial charge in [0, 0.05) is 6.54 Å². The first-order valence-electron chi connectivity index (χ1n) is 8.37. The van der Waals surface area contributed by atoms with E-state index in [0.29, 0.717) is 25.0 Å². The zero-order valence-corrected chi connectivity index (χ0v) is 13.8. The minimum atomic E-state index is -0.460. The van der Waals surface area contributed by atoms with Gasteiger partial charge in [-0.2, -0.15) is 0 Å². The Morgan fingerprint density at radius 1 is 1.35 bits per heavy atom. The molecule has 0 aromatic heterocycles. The molecule has 1 aliphatic carbocycles. The van der Waals surface area contributed by atoms with Gasteiger partial charge in [-0.05, 0) is 43.9 Å². The summed E-state index contributed by atoms with van der Waals surface area (Å²) < 4.78 is 5.40. The van der Waals surface area contributed by atoms with Gasteiger partial charge in [0.05, 0.1) is 12.0 Å². The average Bonchev–Trinajstić information content (AvgIpc) is 2.44. The Labute approximate surface area is 124 Å². The van der Waals surface area contributed by atoms with Gasteiger partial charge < -0.3 is 10.5 Å². The Morgan fingerprint density at radius 2 is 2.05 bits per heavy atom. The lowest BCUT2D eigenvalue weighted by molar-refractivity contribution is -0.161. The van der Waals surface area contributed by atoms with Crippen molar-refractivity contribution in [2.75, 3.05) is 13.2 Å². The van der Waals surface area contributed by atoms with Crippen LogP contribution in [0.1, 0.15) is 66.2 Å². The maximum absolute atomic E-state index is 12.6. The van der Waals surface area contributed by atoms with Gasteiger partial charge in [-0.3, -0.25) is 4.79 Å². The zero-order chi connectivity index (χ0) is 15.2. The number of rotatable bonds is 7. The summed E-state index contributed by atoms with van der Waals surface area (Å²) in [6, 6.07) is 0. The highest BCUT2D eigenvalue weighted by molar-refractivity contribution is 5.77. The number of nitrogens with two attached hydrogens (primary N) is 1. The molecular formula is C17H33NO2. The maximum atomic E-state index is 12.6.